The number of carbonyl (C=O) groups is 1. The molecule has 5 heteroatoms. The van der Waals surface area contributed by atoms with E-state index >= 15 is 0 Å². The van der Waals surface area contributed by atoms with Gasteiger partial charge in [-0.15, -0.1) is 0 Å². The lowest BCUT2D eigenvalue weighted by molar-refractivity contribution is 0.0166. The Morgan fingerprint density at radius 3 is 2.09 bits per heavy atom. The van der Waals surface area contributed by atoms with Gasteiger partial charge in [0.05, 0.1) is 0 Å². The molecule has 2 saturated heterocycles. The third-order valence-electron chi connectivity index (χ3n) is 6.45. The molecule has 1 saturated carbocycles. The van der Waals surface area contributed by atoms with Crippen LogP contribution in [0.3, 0.4) is 0 Å². The topological polar surface area (TPSA) is 55.8 Å². The number of rotatable bonds is 3. The Morgan fingerprint density at radius 1 is 0.957 bits per heavy atom. The molecule has 3 fully saturated rings. The van der Waals surface area contributed by atoms with E-state index < -0.39 is 6.09 Å². The van der Waals surface area contributed by atoms with Gasteiger partial charge in [-0.2, -0.15) is 0 Å². The van der Waals surface area contributed by atoms with Crippen molar-refractivity contribution in [3.8, 4) is 0 Å². The maximum atomic E-state index is 11.1. The van der Waals surface area contributed by atoms with Gasteiger partial charge in [-0.25, -0.2) is 4.79 Å². The molecule has 1 amide bonds. The fourth-order valence-corrected chi connectivity index (χ4v) is 4.68. The van der Waals surface area contributed by atoms with Gasteiger partial charge in [-0.1, -0.05) is 19.3 Å². The van der Waals surface area contributed by atoms with Crippen LogP contribution in [-0.2, 0) is 0 Å². The molecule has 0 aromatic carbocycles. The van der Waals surface area contributed by atoms with Crippen molar-refractivity contribution in [1.29, 1.82) is 0 Å². The molecule has 0 aromatic rings. The second-order valence-electron chi connectivity index (χ2n) is 8.03. The SMILES string of the molecule is CC1(N2CCC(NC3CCCCC3)CC2)CCN(C(=O)O)CC1. The van der Waals surface area contributed by atoms with E-state index in [2.05, 4.69) is 17.1 Å². The summed E-state index contributed by atoms with van der Waals surface area (Å²) in [6.45, 7) is 6.03. The van der Waals surface area contributed by atoms with Gasteiger partial charge in [0.25, 0.3) is 0 Å². The molecule has 0 atom stereocenters. The van der Waals surface area contributed by atoms with Crippen molar-refractivity contribution in [2.24, 2.45) is 0 Å². The molecule has 2 N–H and O–H groups in total. The van der Waals surface area contributed by atoms with Crippen LogP contribution in [0.2, 0.25) is 0 Å². The van der Waals surface area contributed by atoms with Crippen LogP contribution >= 0.6 is 0 Å². The maximum absolute atomic E-state index is 11.1. The first-order chi connectivity index (χ1) is 11.1. The van der Waals surface area contributed by atoms with Crippen molar-refractivity contribution < 1.29 is 9.90 Å². The Labute approximate surface area is 140 Å². The zero-order valence-electron chi connectivity index (χ0n) is 14.6. The third-order valence-corrected chi connectivity index (χ3v) is 6.45. The lowest BCUT2D eigenvalue weighted by Gasteiger charge is -2.49. The maximum Gasteiger partial charge on any atom is 0.407 e. The number of nitrogens with zero attached hydrogens (tertiary/aromatic N) is 2. The molecular formula is C18H33N3O2. The van der Waals surface area contributed by atoms with Crippen molar-refractivity contribution >= 4 is 6.09 Å². The summed E-state index contributed by atoms with van der Waals surface area (Å²) >= 11 is 0. The number of hydrogen-bond donors (Lipinski definition) is 2. The van der Waals surface area contributed by atoms with Crippen LogP contribution in [-0.4, -0.2) is 64.8 Å². The second kappa shape index (κ2) is 7.39. The van der Waals surface area contributed by atoms with Crippen LogP contribution in [0.15, 0.2) is 0 Å². The second-order valence-corrected chi connectivity index (χ2v) is 8.03. The number of carboxylic acid groups (broad SMARTS) is 1. The van der Waals surface area contributed by atoms with Crippen LogP contribution in [0.5, 0.6) is 0 Å². The zero-order chi connectivity index (χ0) is 16.3. The molecular weight excluding hydrogens is 290 g/mol. The van der Waals surface area contributed by atoms with E-state index in [-0.39, 0.29) is 5.54 Å². The zero-order valence-corrected chi connectivity index (χ0v) is 14.6. The fraction of sp³-hybridized carbons (Fsp3) is 0.944. The average molecular weight is 323 g/mol. The molecule has 0 radical (unpaired) electrons. The number of amides is 1. The van der Waals surface area contributed by atoms with Gasteiger partial charge in [0, 0.05) is 43.8 Å². The molecule has 0 spiro atoms. The van der Waals surface area contributed by atoms with Gasteiger partial charge in [0.2, 0.25) is 0 Å². The fourth-order valence-electron chi connectivity index (χ4n) is 4.68. The number of likely N-dealkylation sites (tertiary alicyclic amines) is 2. The lowest BCUT2D eigenvalue weighted by atomic mass is 9.85. The first-order valence-electron chi connectivity index (χ1n) is 9.56. The van der Waals surface area contributed by atoms with Gasteiger partial charge >= 0.3 is 6.09 Å². The minimum atomic E-state index is -0.762. The highest BCUT2D eigenvalue weighted by Gasteiger charge is 2.38. The van der Waals surface area contributed by atoms with E-state index in [0.29, 0.717) is 19.1 Å². The summed E-state index contributed by atoms with van der Waals surface area (Å²) in [5.74, 6) is 0. The normalized spacial score (nSPS) is 28.0. The Hall–Kier alpha value is -0.810. The standard InChI is InChI=1S/C18H33N3O2/c1-18(9-13-20(14-10-18)17(22)23)21-11-7-16(8-12-21)19-15-5-3-2-4-6-15/h15-16,19H,2-14H2,1H3,(H,22,23). The lowest BCUT2D eigenvalue weighted by Crippen LogP contribution is -2.58. The van der Waals surface area contributed by atoms with Gasteiger partial charge in [-0.3, -0.25) is 4.90 Å². The summed E-state index contributed by atoms with van der Waals surface area (Å²) in [7, 11) is 0. The molecule has 3 rings (SSSR count). The molecule has 0 unspecified atom stereocenters. The molecule has 2 heterocycles. The van der Waals surface area contributed by atoms with Gasteiger partial charge in [0.1, 0.15) is 0 Å². The van der Waals surface area contributed by atoms with Crippen LogP contribution in [0.1, 0.15) is 64.7 Å². The van der Waals surface area contributed by atoms with Crippen molar-refractivity contribution in [3.63, 3.8) is 0 Å². The smallest absolute Gasteiger partial charge is 0.407 e. The average Bonchev–Trinajstić information content (AvgIpc) is 2.57. The molecule has 23 heavy (non-hydrogen) atoms. The predicted molar refractivity (Wildman–Crippen MR) is 91.8 cm³/mol. The number of hydrogen-bond acceptors (Lipinski definition) is 3. The quantitative estimate of drug-likeness (QED) is 0.838. The van der Waals surface area contributed by atoms with Crippen LogP contribution < -0.4 is 5.32 Å². The number of piperidine rings is 2. The van der Waals surface area contributed by atoms with E-state index in [4.69, 9.17) is 5.11 Å². The largest absolute Gasteiger partial charge is 0.465 e. The first-order valence-corrected chi connectivity index (χ1v) is 9.56. The minimum Gasteiger partial charge on any atom is -0.465 e. The van der Waals surface area contributed by atoms with Crippen LogP contribution in [0, 0.1) is 0 Å². The van der Waals surface area contributed by atoms with E-state index in [1.54, 1.807) is 4.90 Å². The molecule has 0 aromatic heterocycles. The monoisotopic (exact) mass is 323 g/mol. The van der Waals surface area contributed by atoms with Gasteiger partial charge in [-0.05, 0) is 45.4 Å². The molecule has 132 valence electrons. The van der Waals surface area contributed by atoms with Crippen molar-refractivity contribution in [2.45, 2.75) is 82.3 Å². The summed E-state index contributed by atoms with van der Waals surface area (Å²) < 4.78 is 0. The number of nitrogens with one attached hydrogen (secondary N) is 1. The summed E-state index contributed by atoms with van der Waals surface area (Å²) in [6.07, 6.45) is 10.6. The highest BCUT2D eigenvalue weighted by molar-refractivity contribution is 5.65. The Bertz CT molecular complexity index is 393. The molecule has 1 aliphatic carbocycles. The molecule has 5 nitrogen and oxygen atoms in total. The predicted octanol–water partition coefficient (Wildman–Crippen LogP) is 2.91. The van der Waals surface area contributed by atoms with Crippen LogP contribution in [0.4, 0.5) is 4.79 Å². The highest BCUT2D eigenvalue weighted by atomic mass is 16.4. The molecule has 2 aliphatic heterocycles. The van der Waals surface area contributed by atoms with Crippen LogP contribution in [0.25, 0.3) is 0 Å². The highest BCUT2D eigenvalue weighted by Crippen LogP contribution is 2.31. The van der Waals surface area contributed by atoms with Crippen molar-refractivity contribution in [2.75, 3.05) is 26.2 Å². The van der Waals surface area contributed by atoms with E-state index in [1.807, 2.05) is 0 Å². The van der Waals surface area contributed by atoms with Crippen molar-refractivity contribution in [1.82, 2.24) is 15.1 Å². The molecule has 3 aliphatic rings. The third kappa shape index (κ3) is 4.18. The molecule has 0 bridgehead atoms. The first kappa shape index (κ1) is 17.0. The Morgan fingerprint density at radius 2 is 1.52 bits per heavy atom. The van der Waals surface area contributed by atoms with E-state index in [0.717, 1.165) is 32.0 Å². The van der Waals surface area contributed by atoms with E-state index in [9.17, 15) is 4.79 Å². The van der Waals surface area contributed by atoms with Crippen molar-refractivity contribution in [3.05, 3.63) is 0 Å². The Kier molecular flexibility index (Phi) is 5.47. The minimum absolute atomic E-state index is 0.196. The summed E-state index contributed by atoms with van der Waals surface area (Å²) in [5.41, 5.74) is 0.196. The Balaban J connectivity index is 1.44. The summed E-state index contributed by atoms with van der Waals surface area (Å²) in [4.78, 5) is 15.3. The van der Waals surface area contributed by atoms with E-state index in [1.165, 1.54) is 44.9 Å². The van der Waals surface area contributed by atoms with Gasteiger partial charge < -0.3 is 15.3 Å². The summed E-state index contributed by atoms with van der Waals surface area (Å²) in [6, 6.07) is 1.45. The van der Waals surface area contributed by atoms with Gasteiger partial charge in [0.15, 0.2) is 0 Å². The summed E-state index contributed by atoms with van der Waals surface area (Å²) in [5, 5.41) is 13.0.